The monoisotopic (exact) mass is 345 g/mol. The third kappa shape index (κ3) is 3.05. The molecule has 0 fully saturated rings. The number of imidazole rings is 1. The van der Waals surface area contributed by atoms with Gasteiger partial charge in [-0.1, -0.05) is 6.92 Å². The van der Waals surface area contributed by atoms with Crippen LogP contribution in [0, 0.1) is 5.82 Å². The van der Waals surface area contributed by atoms with Gasteiger partial charge >= 0.3 is 0 Å². The summed E-state index contributed by atoms with van der Waals surface area (Å²) < 4.78 is 15.9. The van der Waals surface area contributed by atoms with Gasteiger partial charge in [0, 0.05) is 12.1 Å². The summed E-state index contributed by atoms with van der Waals surface area (Å²) in [4.78, 5) is 4.24. The van der Waals surface area contributed by atoms with Crippen molar-refractivity contribution in [3.8, 4) is 0 Å². The summed E-state index contributed by atoms with van der Waals surface area (Å²) in [5.74, 6) is 2.33. The van der Waals surface area contributed by atoms with Crippen LogP contribution in [-0.4, -0.2) is 21.1 Å². The second kappa shape index (κ2) is 6.13. The third-order valence-electron chi connectivity index (χ3n) is 3.08. The standard InChI is InChI=1S/C13H17BrFN3S/c1-3-19-5-4-8(2)18-12-6-9(14)10(15)7-11(12)17-13(18)16/h6-8H,3-5H2,1-2H3,(H2,16,17). The van der Waals surface area contributed by atoms with E-state index in [1.54, 1.807) is 6.07 Å². The molecule has 1 unspecified atom stereocenters. The van der Waals surface area contributed by atoms with E-state index in [-0.39, 0.29) is 11.9 Å². The predicted molar refractivity (Wildman–Crippen MR) is 84.1 cm³/mol. The second-order valence-corrected chi connectivity index (χ2v) is 6.68. The highest BCUT2D eigenvalue weighted by Crippen LogP contribution is 2.29. The van der Waals surface area contributed by atoms with E-state index in [2.05, 4.69) is 34.8 Å². The number of halogens is 2. The lowest BCUT2D eigenvalue weighted by Crippen LogP contribution is -2.09. The van der Waals surface area contributed by atoms with Gasteiger partial charge < -0.3 is 10.3 Å². The zero-order chi connectivity index (χ0) is 14.0. The number of benzene rings is 1. The van der Waals surface area contributed by atoms with E-state index < -0.39 is 0 Å². The second-order valence-electron chi connectivity index (χ2n) is 4.43. The highest BCUT2D eigenvalue weighted by molar-refractivity contribution is 9.10. The molecule has 104 valence electrons. The Kier molecular flexibility index (Phi) is 4.73. The molecule has 0 aliphatic rings. The molecule has 0 spiro atoms. The van der Waals surface area contributed by atoms with Crippen LogP contribution >= 0.6 is 27.7 Å². The quantitative estimate of drug-likeness (QED) is 0.824. The van der Waals surface area contributed by atoms with Crippen molar-refractivity contribution in [1.29, 1.82) is 0 Å². The minimum absolute atomic E-state index is 0.251. The Morgan fingerprint density at radius 1 is 1.53 bits per heavy atom. The summed E-state index contributed by atoms with van der Waals surface area (Å²) in [6.07, 6.45) is 1.02. The molecule has 0 radical (unpaired) electrons. The minimum Gasteiger partial charge on any atom is -0.369 e. The molecule has 0 saturated carbocycles. The number of hydrogen-bond acceptors (Lipinski definition) is 3. The molecule has 3 nitrogen and oxygen atoms in total. The SMILES string of the molecule is CCSCCC(C)n1c(N)nc2cc(F)c(Br)cc21. The van der Waals surface area contributed by atoms with Crippen molar-refractivity contribution < 1.29 is 4.39 Å². The van der Waals surface area contributed by atoms with Crippen molar-refractivity contribution in [2.45, 2.75) is 26.3 Å². The topological polar surface area (TPSA) is 43.8 Å². The Labute approximate surface area is 124 Å². The summed E-state index contributed by atoms with van der Waals surface area (Å²) in [6, 6.07) is 3.42. The van der Waals surface area contributed by atoms with Gasteiger partial charge in [-0.3, -0.25) is 0 Å². The average molecular weight is 346 g/mol. The maximum atomic E-state index is 13.5. The van der Waals surface area contributed by atoms with Crippen molar-refractivity contribution >= 4 is 44.7 Å². The Hall–Kier alpha value is -0.750. The molecule has 1 atom stereocenters. The molecule has 0 aliphatic heterocycles. The van der Waals surface area contributed by atoms with Crippen molar-refractivity contribution in [3.05, 3.63) is 22.4 Å². The number of thioether (sulfide) groups is 1. The lowest BCUT2D eigenvalue weighted by Gasteiger charge is -2.15. The zero-order valence-corrected chi connectivity index (χ0v) is 13.4. The molecule has 6 heteroatoms. The van der Waals surface area contributed by atoms with Crippen LogP contribution in [0.3, 0.4) is 0 Å². The highest BCUT2D eigenvalue weighted by Gasteiger charge is 2.15. The van der Waals surface area contributed by atoms with E-state index in [9.17, 15) is 4.39 Å². The number of anilines is 1. The summed E-state index contributed by atoms with van der Waals surface area (Å²) in [5.41, 5.74) is 7.45. The van der Waals surface area contributed by atoms with E-state index in [4.69, 9.17) is 5.73 Å². The van der Waals surface area contributed by atoms with Gasteiger partial charge in [0.1, 0.15) is 5.82 Å². The van der Waals surface area contributed by atoms with Crippen LogP contribution in [0.15, 0.2) is 16.6 Å². The smallest absolute Gasteiger partial charge is 0.201 e. The summed E-state index contributed by atoms with van der Waals surface area (Å²) in [7, 11) is 0. The van der Waals surface area contributed by atoms with E-state index in [1.807, 2.05) is 16.3 Å². The molecule has 0 saturated heterocycles. The molecule has 0 amide bonds. The molecule has 1 aromatic carbocycles. The highest BCUT2D eigenvalue weighted by atomic mass is 79.9. The van der Waals surface area contributed by atoms with Gasteiger partial charge in [0.2, 0.25) is 5.95 Å². The maximum absolute atomic E-state index is 13.5. The fourth-order valence-corrected chi connectivity index (χ4v) is 3.23. The average Bonchev–Trinajstić information content (AvgIpc) is 2.65. The number of nitrogens with zero attached hydrogens (tertiary/aromatic N) is 2. The molecule has 1 aromatic heterocycles. The fourth-order valence-electron chi connectivity index (χ4n) is 2.10. The largest absolute Gasteiger partial charge is 0.369 e. The Balaban J connectivity index is 2.36. The predicted octanol–water partition coefficient (Wildman–Crippen LogP) is 4.22. The molecule has 0 aliphatic carbocycles. The number of fused-ring (bicyclic) bond motifs is 1. The van der Waals surface area contributed by atoms with Crippen LogP contribution in [0.4, 0.5) is 10.3 Å². The van der Waals surface area contributed by atoms with Crippen LogP contribution in [-0.2, 0) is 0 Å². The van der Waals surface area contributed by atoms with Gasteiger partial charge in [-0.25, -0.2) is 9.37 Å². The van der Waals surface area contributed by atoms with Crippen molar-refractivity contribution in [2.24, 2.45) is 0 Å². The summed E-state index contributed by atoms with van der Waals surface area (Å²) in [6.45, 7) is 4.27. The van der Waals surface area contributed by atoms with Crippen LogP contribution < -0.4 is 5.73 Å². The normalized spacial score (nSPS) is 13.1. The summed E-state index contributed by atoms with van der Waals surface area (Å²) >= 11 is 5.12. The molecule has 2 N–H and O–H groups in total. The van der Waals surface area contributed by atoms with Crippen molar-refractivity contribution in [3.63, 3.8) is 0 Å². The Morgan fingerprint density at radius 3 is 2.95 bits per heavy atom. The van der Waals surface area contributed by atoms with E-state index in [1.165, 1.54) is 6.07 Å². The molecule has 0 bridgehead atoms. The van der Waals surface area contributed by atoms with Gasteiger partial charge in [-0.05, 0) is 46.8 Å². The molecule has 1 heterocycles. The first kappa shape index (κ1) is 14.7. The lowest BCUT2D eigenvalue weighted by atomic mass is 10.2. The molecule has 19 heavy (non-hydrogen) atoms. The van der Waals surface area contributed by atoms with E-state index in [0.717, 1.165) is 23.4 Å². The number of nitrogen functional groups attached to an aromatic ring is 1. The first-order chi connectivity index (χ1) is 9.04. The van der Waals surface area contributed by atoms with Gasteiger partial charge in [-0.15, -0.1) is 0 Å². The molecular formula is C13H17BrFN3S. The van der Waals surface area contributed by atoms with Gasteiger partial charge in [0.25, 0.3) is 0 Å². The Morgan fingerprint density at radius 2 is 2.26 bits per heavy atom. The van der Waals surface area contributed by atoms with Crippen LogP contribution in [0.5, 0.6) is 0 Å². The third-order valence-corrected chi connectivity index (χ3v) is 4.62. The first-order valence-electron chi connectivity index (χ1n) is 6.24. The molecule has 2 aromatic rings. The number of aromatic nitrogens is 2. The van der Waals surface area contributed by atoms with Crippen LogP contribution in [0.1, 0.15) is 26.3 Å². The van der Waals surface area contributed by atoms with Crippen LogP contribution in [0.2, 0.25) is 0 Å². The Bertz CT molecular complexity index is 585. The zero-order valence-electron chi connectivity index (χ0n) is 11.0. The van der Waals surface area contributed by atoms with Crippen molar-refractivity contribution in [1.82, 2.24) is 9.55 Å². The maximum Gasteiger partial charge on any atom is 0.201 e. The lowest BCUT2D eigenvalue weighted by molar-refractivity contribution is 0.555. The van der Waals surface area contributed by atoms with Gasteiger partial charge in [-0.2, -0.15) is 11.8 Å². The number of hydrogen-bond donors (Lipinski definition) is 1. The van der Waals surface area contributed by atoms with E-state index >= 15 is 0 Å². The fraction of sp³-hybridized carbons (Fsp3) is 0.462. The van der Waals surface area contributed by atoms with E-state index in [0.29, 0.717) is 15.9 Å². The van der Waals surface area contributed by atoms with Crippen molar-refractivity contribution in [2.75, 3.05) is 17.2 Å². The first-order valence-corrected chi connectivity index (χ1v) is 8.19. The summed E-state index contributed by atoms with van der Waals surface area (Å²) in [5, 5.41) is 0. The molecule has 2 rings (SSSR count). The number of rotatable bonds is 5. The van der Waals surface area contributed by atoms with Crippen LogP contribution in [0.25, 0.3) is 11.0 Å². The number of nitrogens with two attached hydrogens (primary N) is 1. The molecular weight excluding hydrogens is 329 g/mol. The van der Waals surface area contributed by atoms with Gasteiger partial charge in [0.15, 0.2) is 0 Å². The van der Waals surface area contributed by atoms with Gasteiger partial charge in [0.05, 0.1) is 15.5 Å². The minimum atomic E-state index is -0.314.